The number of rotatable bonds is 4. The van der Waals surface area contributed by atoms with Crippen molar-refractivity contribution in [1.82, 2.24) is 9.78 Å². The van der Waals surface area contributed by atoms with E-state index < -0.39 is 0 Å². The lowest BCUT2D eigenvalue weighted by atomic mass is 10.0. The van der Waals surface area contributed by atoms with E-state index in [1.54, 1.807) is 0 Å². The molecule has 0 bridgehead atoms. The van der Waals surface area contributed by atoms with Crippen molar-refractivity contribution in [2.45, 2.75) is 39.2 Å². The highest BCUT2D eigenvalue weighted by atomic mass is 15.3. The smallest absolute Gasteiger partial charge is 0.0628 e. The van der Waals surface area contributed by atoms with Gasteiger partial charge in [0.25, 0.3) is 0 Å². The van der Waals surface area contributed by atoms with Gasteiger partial charge in [0.15, 0.2) is 0 Å². The first-order valence-corrected chi connectivity index (χ1v) is 5.24. The lowest BCUT2D eigenvalue weighted by Crippen LogP contribution is -2.19. The molecule has 1 atom stereocenters. The molecular formula is C12H19N3. The molecule has 0 amide bonds. The van der Waals surface area contributed by atoms with Crippen molar-refractivity contribution >= 4 is 0 Å². The minimum absolute atomic E-state index is 0.106. The summed E-state index contributed by atoms with van der Waals surface area (Å²) in [6.45, 7) is 4.12. The summed E-state index contributed by atoms with van der Waals surface area (Å²) in [5, 5.41) is 4.37. The molecule has 1 heterocycles. The second kappa shape index (κ2) is 4.99. The molecule has 1 aromatic rings. The van der Waals surface area contributed by atoms with Crippen LogP contribution in [0.4, 0.5) is 0 Å². The molecule has 0 aromatic carbocycles. The first-order chi connectivity index (χ1) is 7.06. The number of nitrogens with zero attached hydrogens (tertiary/aromatic N) is 2. The van der Waals surface area contributed by atoms with Crippen molar-refractivity contribution in [3.05, 3.63) is 17.0 Å². The fourth-order valence-corrected chi connectivity index (χ4v) is 1.76. The maximum absolute atomic E-state index is 5.87. The SMILES string of the molecule is C#CCC(N)CCc1c(C)nn(C)c1C. The minimum Gasteiger partial charge on any atom is -0.327 e. The maximum atomic E-state index is 5.87. The molecule has 0 aliphatic carbocycles. The van der Waals surface area contributed by atoms with Gasteiger partial charge in [-0.1, -0.05) is 0 Å². The van der Waals surface area contributed by atoms with Crippen molar-refractivity contribution in [3.8, 4) is 12.3 Å². The van der Waals surface area contributed by atoms with Crippen LogP contribution in [0.25, 0.3) is 0 Å². The van der Waals surface area contributed by atoms with Crippen LogP contribution in [0.3, 0.4) is 0 Å². The molecule has 1 unspecified atom stereocenters. The fraction of sp³-hybridized carbons (Fsp3) is 0.583. The Morgan fingerprint density at radius 1 is 1.53 bits per heavy atom. The third kappa shape index (κ3) is 2.84. The van der Waals surface area contributed by atoms with E-state index in [2.05, 4.69) is 17.9 Å². The molecule has 82 valence electrons. The molecule has 3 heteroatoms. The molecule has 0 radical (unpaired) electrons. The second-order valence-electron chi connectivity index (χ2n) is 3.98. The van der Waals surface area contributed by atoms with Crippen LogP contribution in [0.15, 0.2) is 0 Å². The average Bonchev–Trinajstić information content (AvgIpc) is 2.40. The first-order valence-electron chi connectivity index (χ1n) is 5.24. The van der Waals surface area contributed by atoms with E-state index >= 15 is 0 Å². The Kier molecular flexibility index (Phi) is 3.93. The van der Waals surface area contributed by atoms with Crippen molar-refractivity contribution in [2.24, 2.45) is 12.8 Å². The summed E-state index contributed by atoms with van der Waals surface area (Å²) in [6.07, 6.45) is 7.76. The second-order valence-corrected chi connectivity index (χ2v) is 3.98. The average molecular weight is 205 g/mol. The molecule has 1 aromatic heterocycles. The van der Waals surface area contributed by atoms with Crippen LogP contribution in [0.5, 0.6) is 0 Å². The van der Waals surface area contributed by atoms with Gasteiger partial charge in [-0.25, -0.2) is 0 Å². The van der Waals surface area contributed by atoms with E-state index in [0.717, 1.165) is 18.5 Å². The van der Waals surface area contributed by atoms with E-state index in [1.807, 2.05) is 18.7 Å². The van der Waals surface area contributed by atoms with E-state index in [1.165, 1.54) is 11.3 Å². The molecule has 2 N–H and O–H groups in total. The van der Waals surface area contributed by atoms with Crippen LogP contribution in [0.2, 0.25) is 0 Å². The van der Waals surface area contributed by atoms with Crippen LogP contribution in [-0.4, -0.2) is 15.8 Å². The van der Waals surface area contributed by atoms with Gasteiger partial charge >= 0.3 is 0 Å². The minimum atomic E-state index is 0.106. The predicted octanol–water partition coefficient (Wildman–Crippen LogP) is 1.32. The standard InChI is InChI=1S/C12H19N3/c1-5-6-11(13)7-8-12-9(2)14-15(4)10(12)3/h1,11H,6-8,13H2,2-4H3. The molecule has 3 nitrogen and oxygen atoms in total. The summed E-state index contributed by atoms with van der Waals surface area (Å²) in [7, 11) is 1.97. The summed E-state index contributed by atoms with van der Waals surface area (Å²) >= 11 is 0. The maximum Gasteiger partial charge on any atom is 0.0628 e. The largest absolute Gasteiger partial charge is 0.327 e. The molecular weight excluding hydrogens is 186 g/mol. The summed E-state index contributed by atoms with van der Waals surface area (Å²) in [5.74, 6) is 2.59. The zero-order valence-corrected chi connectivity index (χ0v) is 9.75. The molecule has 0 fully saturated rings. The topological polar surface area (TPSA) is 43.8 Å². The van der Waals surface area contributed by atoms with E-state index in [0.29, 0.717) is 6.42 Å². The summed E-state index contributed by atoms with van der Waals surface area (Å²) in [5.41, 5.74) is 9.50. The molecule has 0 aliphatic heterocycles. The number of hydrogen-bond acceptors (Lipinski definition) is 2. The van der Waals surface area contributed by atoms with Crippen molar-refractivity contribution < 1.29 is 0 Å². The van der Waals surface area contributed by atoms with Crippen molar-refractivity contribution in [1.29, 1.82) is 0 Å². The molecule has 15 heavy (non-hydrogen) atoms. The number of aromatic nitrogens is 2. The predicted molar refractivity (Wildman–Crippen MR) is 62.4 cm³/mol. The van der Waals surface area contributed by atoms with Crippen LogP contribution in [0, 0.1) is 26.2 Å². The highest BCUT2D eigenvalue weighted by Gasteiger charge is 2.10. The summed E-state index contributed by atoms with van der Waals surface area (Å²) < 4.78 is 1.91. The molecule has 0 saturated carbocycles. The zero-order valence-electron chi connectivity index (χ0n) is 9.75. The number of hydrogen-bond donors (Lipinski definition) is 1. The van der Waals surface area contributed by atoms with Gasteiger partial charge in [-0.2, -0.15) is 5.10 Å². The van der Waals surface area contributed by atoms with Crippen LogP contribution in [0.1, 0.15) is 29.8 Å². The third-order valence-corrected chi connectivity index (χ3v) is 2.80. The lowest BCUT2D eigenvalue weighted by Gasteiger charge is -2.07. The number of nitrogens with two attached hydrogens (primary N) is 1. The van der Waals surface area contributed by atoms with Gasteiger partial charge in [0.1, 0.15) is 0 Å². The number of aryl methyl sites for hydroxylation is 2. The Bertz CT molecular complexity index is 371. The zero-order chi connectivity index (χ0) is 11.4. The van der Waals surface area contributed by atoms with Crippen LogP contribution < -0.4 is 5.73 Å². The summed E-state index contributed by atoms with van der Waals surface area (Å²) in [4.78, 5) is 0. The fourth-order valence-electron chi connectivity index (χ4n) is 1.76. The lowest BCUT2D eigenvalue weighted by molar-refractivity contribution is 0.626. The Balaban J connectivity index is 2.62. The molecule has 0 saturated heterocycles. The van der Waals surface area contributed by atoms with Crippen LogP contribution in [-0.2, 0) is 13.5 Å². The highest BCUT2D eigenvalue weighted by molar-refractivity contribution is 5.24. The quantitative estimate of drug-likeness (QED) is 0.753. The Hall–Kier alpha value is -1.27. The van der Waals surface area contributed by atoms with E-state index in [9.17, 15) is 0 Å². The van der Waals surface area contributed by atoms with E-state index in [-0.39, 0.29) is 6.04 Å². The van der Waals surface area contributed by atoms with Crippen molar-refractivity contribution in [3.63, 3.8) is 0 Å². The first kappa shape index (κ1) is 11.8. The Morgan fingerprint density at radius 2 is 2.20 bits per heavy atom. The number of terminal acetylenes is 1. The van der Waals surface area contributed by atoms with Crippen LogP contribution >= 0.6 is 0 Å². The van der Waals surface area contributed by atoms with Crippen molar-refractivity contribution in [2.75, 3.05) is 0 Å². The monoisotopic (exact) mass is 205 g/mol. The van der Waals surface area contributed by atoms with E-state index in [4.69, 9.17) is 12.2 Å². The van der Waals surface area contributed by atoms with Gasteiger partial charge in [0, 0.05) is 25.2 Å². The molecule has 0 spiro atoms. The highest BCUT2D eigenvalue weighted by Crippen LogP contribution is 2.14. The third-order valence-electron chi connectivity index (χ3n) is 2.80. The van der Waals surface area contributed by atoms with Gasteiger partial charge in [-0.3, -0.25) is 4.68 Å². The van der Waals surface area contributed by atoms with Gasteiger partial charge < -0.3 is 5.73 Å². The molecule has 1 rings (SSSR count). The Morgan fingerprint density at radius 3 is 2.67 bits per heavy atom. The Labute approximate surface area is 91.7 Å². The normalized spacial score (nSPS) is 12.5. The van der Waals surface area contributed by atoms with Gasteiger partial charge in [0.05, 0.1) is 5.69 Å². The van der Waals surface area contributed by atoms with Gasteiger partial charge in [0.2, 0.25) is 0 Å². The molecule has 0 aliphatic rings. The summed E-state index contributed by atoms with van der Waals surface area (Å²) in [6, 6.07) is 0.106. The van der Waals surface area contributed by atoms with Gasteiger partial charge in [-0.15, -0.1) is 12.3 Å². The van der Waals surface area contributed by atoms with Gasteiger partial charge in [-0.05, 0) is 32.3 Å².